The SMILES string of the molecule is CCc1nc(CC)c(C(=O)Nc2cccc(CCN3CCN(c4cccc5nc(C)ccc45)CC3)c2)s1. The van der Waals surface area contributed by atoms with Crippen LogP contribution in [0.25, 0.3) is 10.9 Å². The van der Waals surface area contributed by atoms with Crippen LogP contribution in [-0.4, -0.2) is 53.5 Å². The normalized spacial score (nSPS) is 14.3. The maximum atomic E-state index is 12.9. The number of amides is 1. The second kappa shape index (κ2) is 11.4. The highest BCUT2D eigenvalue weighted by Crippen LogP contribution is 2.27. The summed E-state index contributed by atoms with van der Waals surface area (Å²) in [6.07, 6.45) is 2.58. The molecule has 1 amide bonds. The quantitative estimate of drug-likeness (QED) is 0.325. The number of carbonyl (C=O) groups is 1. The van der Waals surface area contributed by atoms with Crippen molar-refractivity contribution in [2.45, 2.75) is 40.0 Å². The molecule has 0 atom stereocenters. The fraction of sp³-hybridized carbons (Fsp3) is 0.367. The average molecular weight is 514 g/mol. The lowest BCUT2D eigenvalue weighted by Crippen LogP contribution is -2.47. The molecule has 0 aliphatic carbocycles. The Kier molecular flexibility index (Phi) is 7.82. The van der Waals surface area contributed by atoms with Gasteiger partial charge in [-0.1, -0.05) is 32.0 Å². The predicted octanol–water partition coefficient (Wildman–Crippen LogP) is 5.74. The van der Waals surface area contributed by atoms with E-state index in [0.717, 1.165) is 84.5 Å². The van der Waals surface area contributed by atoms with Gasteiger partial charge in [0, 0.05) is 55.2 Å². The van der Waals surface area contributed by atoms with Gasteiger partial charge < -0.3 is 10.2 Å². The Morgan fingerprint density at radius 2 is 1.78 bits per heavy atom. The van der Waals surface area contributed by atoms with Crippen LogP contribution in [0.15, 0.2) is 54.6 Å². The van der Waals surface area contributed by atoms with Gasteiger partial charge in [0.05, 0.1) is 16.2 Å². The Bertz CT molecular complexity index is 1390. The largest absolute Gasteiger partial charge is 0.368 e. The van der Waals surface area contributed by atoms with Crippen molar-refractivity contribution in [3.8, 4) is 0 Å². The number of anilines is 2. The van der Waals surface area contributed by atoms with Crippen molar-refractivity contribution >= 4 is 39.5 Å². The number of benzene rings is 2. The Morgan fingerprint density at radius 3 is 2.57 bits per heavy atom. The number of pyridine rings is 1. The zero-order chi connectivity index (χ0) is 25.8. The van der Waals surface area contributed by atoms with E-state index in [0.29, 0.717) is 0 Å². The molecule has 6 nitrogen and oxygen atoms in total. The lowest BCUT2D eigenvalue weighted by atomic mass is 10.1. The lowest BCUT2D eigenvalue weighted by Gasteiger charge is -2.36. The number of nitrogens with one attached hydrogen (secondary N) is 1. The van der Waals surface area contributed by atoms with E-state index in [1.165, 1.54) is 28.0 Å². The summed E-state index contributed by atoms with van der Waals surface area (Å²) in [5, 5.41) is 5.35. The smallest absolute Gasteiger partial charge is 0.267 e. The standard InChI is InChI=1S/C30H35N5OS/c1-4-25-29(37-28(5-2)33-25)30(36)32-23-9-6-8-22(20-23)14-15-34-16-18-35(19-17-34)27-11-7-10-26-24(27)13-12-21(3)31-26/h6-13,20H,4-5,14-19H2,1-3H3,(H,32,36). The summed E-state index contributed by atoms with van der Waals surface area (Å²) in [7, 11) is 0. The Hall–Kier alpha value is -3.29. The molecule has 7 heteroatoms. The Morgan fingerprint density at radius 1 is 0.973 bits per heavy atom. The Labute approximate surface area is 223 Å². The first-order chi connectivity index (χ1) is 18.0. The van der Waals surface area contributed by atoms with E-state index in [1.807, 2.05) is 26.0 Å². The van der Waals surface area contributed by atoms with Crippen LogP contribution in [0.2, 0.25) is 0 Å². The van der Waals surface area contributed by atoms with E-state index < -0.39 is 0 Å². The van der Waals surface area contributed by atoms with Gasteiger partial charge in [-0.25, -0.2) is 4.98 Å². The van der Waals surface area contributed by atoms with Crippen molar-refractivity contribution in [1.82, 2.24) is 14.9 Å². The number of aryl methyl sites for hydroxylation is 3. The molecule has 2 aromatic carbocycles. The number of hydrogen-bond acceptors (Lipinski definition) is 6. The predicted molar refractivity (Wildman–Crippen MR) is 154 cm³/mol. The average Bonchev–Trinajstić information content (AvgIpc) is 3.36. The molecule has 0 unspecified atom stereocenters. The highest BCUT2D eigenvalue weighted by atomic mass is 32.1. The molecule has 0 spiro atoms. The zero-order valence-electron chi connectivity index (χ0n) is 22.0. The maximum absolute atomic E-state index is 12.9. The van der Waals surface area contributed by atoms with Crippen molar-refractivity contribution in [3.63, 3.8) is 0 Å². The number of hydrogen-bond donors (Lipinski definition) is 1. The van der Waals surface area contributed by atoms with Crippen molar-refractivity contribution in [3.05, 3.63) is 81.4 Å². The van der Waals surface area contributed by atoms with E-state index in [4.69, 9.17) is 4.98 Å². The summed E-state index contributed by atoms with van der Waals surface area (Å²) in [6.45, 7) is 11.3. The minimum atomic E-state index is -0.0545. The highest BCUT2D eigenvalue weighted by molar-refractivity contribution is 7.13. The number of aromatic nitrogens is 2. The van der Waals surface area contributed by atoms with Gasteiger partial charge in [-0.2, -0.15) is 0 Å². The number of nitrogens with zero attached hydrogens (tertiary/aromatic N) is 4. The highest BCUT2D eigenvalue weighted by Gasteiger charge is 2.19. The molecule has 0 saturated carbocycles. The minimum absolute atomic E-state index is 0.0545. The van der Waals surface area contributed by atoms with Gasteiger partial charge in [-0.3, -0.25) is 14.7 Å². The summed E-state index contributed by atoms with van der Waals surface area (Å²) in [4.78, 5) is 28.0. The first-order valence-electron chi connectivity index (χ1n) is 13.3. The number of piperazine rings is 1. The van der Waals surface area contributed by atoms with Crippen molar-refractivity contribution in [2.24, 2.45) is 0 Å². The molecule has 1 N–H and O–H groups in total. The van der Waals surface area contributed by atoms with Crippen LogP contribution in [0, 0.1) is 6.92 Å². The van der Waals surface area contributed by atoms with Gasteiger partial charge in [-0.05, 0) is 68.1 Å². The molecular weight excluding hydrogens is 478 g/mol. The summed E-state index contributed by atoms with van der Waals surface area (Å²) in [6, 6.07) is 19.0. The number of carbonyl (C=O) groups excluding carboxylic acids is 1. The van der Waals surface area contributed by atoms with Crippen LogP contribution < -0.4 is 10.2 Å². The van der Waals surface area contributed by atoms with Crippen LogP contribution in [0.4, 0.5) is 11.4 Å². The van der Waals surface area contributed by atoms with Crippen molar-refractivity contribution in [1.29, 1.82) is 0 Å². The topological polar surface area (TPSA) is 61.4 Å². The molecular formula is C30H35N5OS. The van der Waals surface area contributed by atoms with Crippen LogP contribution in [0.3, 0.4) is 0 Å². The van der Waals surface area contributed by atoms with Crippen LogP contribution in [0.5, 0.6) is 0 Å². The van der Waals surface area contributed by atoms with Gasteiger partial charge in [-0.15, -0.1) is 11.3 Å². The monoisotopic (exact) mass is 513 g/mol. The molecule has 1 fully saturated rings. The fourth-order valence-electron chi connectivity index (χ4n) is 4.98. The van der Waals surface area contributed by atoms with E-state index in [1.54, 1.807) is 0 Å². The third-order valence-corrected chi connectivity index (χ3v) is 8.29. The van der Waals surface area contributed by atoms with Gasteiger partial charge in [0.15, 0.2) is 0 Å². The van der Waals surface area contributed by atoms with Gasteiger partial charge >= 0.3 is 0 Å². The van der Waals surface area contributed by atoms with Crippen LogP contribution in [-0.2, 0) is 19.3 Å². The molecule has 1 aliphatic rings. The van der Waals surface area contributed by atoms with Crippen LogP contribution in [0.1, 0.15) is 45.5 Å². The molecule has 1 saturated heterocycles. The third-order valence-electron chi connectivity index (χ3n) is 7.05. The number of fused-ring (bicyclic) bond motifs is 1. The number of thiazole rings is 1. The first kappa shape index (κ1) is 25.4. The second-order valence-corrected chi connectivity index (χ2v) is 10.7. The molecule has 3 heterocycles. The van der Waals surface area contributed by atoms with Crippen LogP contribution >= 0.6 is 11.3 Å². The summed E-state index contributed by atoms with van der Waals surface area (Å²) in [5.41, 5.74) is 6.39. The lowest BCUT2D eigenvalue weighted by molar-refractivity contribution is 0.102. The maximum Gasteiger partial charge on any atom is 0.267 e. The molecule has 2 aromatic heterocycles. The van der Waals surface area contributed by atoms with Gasteiger partial charge in [0.25, 0.3) is 5.91 Å². The molecule has 37 heavy (non-hydrogen) atoms. The van der Waals surface area contributed by atoms with E-state index in [2.05, 4.69) is 69.5 Å². The summed E-state index contributed by atoms with van der Waals surface area (Å²) >= 11 is 1.51. The van der Waals surface area contributed by atoms with Crippen molar-refractivity contribution in [2.75, 3.05) is 42.9 Å². The number of rotatable bonds is 8. The summed E-state index contributed by atoms with van der Waals surface area (Å²) in [5.74, 6) is -0.0545. The van der Waals surface area contributed by atoms with E-state index in [9.17, 15) is 4.79 Å². The Balaban J connectivity index is 1.16. The zero-order valence-corrected chi connectivity index (χ0v) is 22.8. The molecule has 0 bridgehead atoms. The fourth-order valence-corrected chi connectivity index (χ4v) is 5.96. The first-order valence-corrected chi connectivity index (χ1v) is 14.1. The molecule has 192 valence electrons. The van der Waals surface area contributed by atoms with E-state index >= 15 is 0 Å². The van der Waals surface area contributed by atoms with E-state index in [-0.39, 0.29) is 5.91 Å². The third kappa shape index (κ3) is 5.84. The molecule has 0 radical (unpaired) electrons. The minimum Gasteiger partial charge on any atom is -0.368 e. The second-order valence-electron chi connectivity index (χ2n) is 9.62. The van der Waals surface area contributed by atoms with Gasteiger partial charge in [0.2, 0.25) is 0 Å². The van der Waals surface area contributed by atoms with Crippen molar-refractivity contribution < 1.29 is 4.79 Å². The summed E-state index contributed by atoms with van der Waals surface area (Å²) < 4.78 is 0. The van der Waals surface area contributed by atoms with Gasteiger partial charge in [0.1, 0.15) is 4.88 Å². The molecule has 4 aromatic rings. The molecule has 5 rings (SSSR count). The molecule has 1 aliphatic heterocycles.